The second-order valence-corrected chi connectivity index (χ2v) is 8.16. The minimum absolute atomic E-state index is 0.267. The van der Waals surface area contributed by atoms with Gasteiger partial charge in [0.05, 0.1) is 15.1 Å². The molecule has 3 amide bonds. The van der Waals surface area contributed by atoms with Crippen LogP contribution < -0.4 is 15.4 Å². The number of hydrogen-bond donors (Lipinski definition) is 2. The monoisotopic (exact) mass is 520 g/mol. The number of benzene rings is 4. The van der Waals surface area contributed by atoms with Crippen molar-refractivity contribution in [3.63, 3.8) is 0 Å². The van der Waals surface area contributed by atoms with Gasteiger partial charge in [0.15, 0.2) is 0 Å². The van der Waals surface area contributed by atoms with Crippen LogP contribution in [0.3, 0.4) is 0 Å². The van der Waals surface area contributed by atoms with Crippen LogP contribution in [0, 0.1) is 11.6 Å². The van der Waals surface area contributed by atoms with Crippen molar-refractivity contribution in [2.45, 2.75) is 0 Å². The Balaban J connectivity index is 1.47. The third kappa shape index (κ3) is 4.92. The molecule has 0 fully saturated rings. The Morgan fingerprint density at radius 2 is 1.47 bits per heavy atom. The second-order valence-electron chi connectivity index (χ2n) is 6.96. The molecular weight excluding hydrogens is 509 g/mol. The van der Waals surface area contributed by atoms with E-state index in [1.807, 2.05) is 5.32 Å². The molecule has 0 atom stereocenters. The summed E-state index contributed by atoms with van der Waals surface area (Å²) in [7, 11) is 0. The lowest BCUT2D eigenvalue weighted by atomic mass is 10.1. The van der Waals surface area contributed by atoms with Crippen molar-refractivity contribution in [2.24, 2.45) is 0 Å². The first kappa shape index (κ1) is 23.8. The third-order valence-electron chi connectivity index (χ3n) is 4.72. The minimum Gasteiger partial charge on any atom is -0.457 e. The topological polar surface area (TPSA) is 67.4 Å². The van der Waals surface area contributed by atoms with Crippen LogP contribution in [0.15, 0.2) is 66.7 Å². The lowest BCUT2D eigenvalue weighted by Crippen LogP contribution is -2.35. The Labute approximate surface area is 207 Å². The van der Waals surface area contributed by atoms with Gasteiger partial charge in [-0.3, -0.25) is 10.1 Å². The van der Waals surface area contributed by atoms with Crippen LogP contribution in [0.4, 0.5) is 19.3 Å². The molecule has 0 aliphatic heterocycles. The molecule has 4 rings (SSSR count). The molecular formula is C24H13Cl3F2N2O3. The lowest BCUT2D eigenvalue weighted by molar-refractivity contribution is 0.0959. The summed E-state index contributed by atoms with van der Waals surface area (Å²) < 4.78 is 33.3. The Hall–Kier alpha value is -3.39. The number of ether oxygens (including phenoxy) is 1. The van der Waals surface area contributed by atoms with E-state index in [1.54, 1.807) is 36.4 Å². The molecule has 0 aliphatic carbocycles. The fourth-order valence-corrected chi connectivity index (χ4v) is 3.96. The number of anilines is 1. The van der Waals surface area contributed by atoms with E-state index in [1.165, 1.54) is 12.1 Å². The number of hydrogen-bond acceptors (Lipinski definition) is 3. The second kappa shape index (κ2) is 9.85. The van der Waals surface area contributed by atoms with E-state index in [9.17, 15) is 18.4 Å². The average Bonchev–Trinajstić information content (AvgIpc) is 2.78. The Kier molecular flexibility index (Phi) is 6.88. The van der Waals surface area contributed by atoms with Crippen molar-refractivity contribution in [1.82, 2.24) is 5.32 Å². The van der Waals surface area contributed by atoms with Gasteiger partial charge in [-0.2, -0.15) is 0 Å². The van der Waals surface area contributed by atoms with Crippen molar-refractivity contribution in [1.29, 1.82) is 0 Å². The first-order valence-electron chi connectivity index (χ1n) is 9.65. The van der Waals surface area contributed by atoms with E-state index < -0.39 is 29.1 Å². The fourth-order valence-electron chi connectivity index (χ4n) is 3.19. The van der Waals surface area contributed by atoms with E-state index in [2.05, 4.69) is 5.32 Å². The standard InChI is InChI=1S/C24H13Cl3F2N2O3/c25-15-4-1-3-14-19(11-16(26)22(27)20(14)15)34-13-9-7-12(8-10-13)30-24(33)31-23(32)21-17(28)5-2-6-18(21)29/h1-11H,(H2,30,31,32,33). The number of imide groups is 1. The summed E-state index contributed by atoms with van der Waals surface area (Å²) >= 11 is 18.8. The zero-order valence-electron chi connectivity index (χ0n) is 17.0. The fraction of sp³-hybridized carbons (Fsp3) is 0. The maximum Gasteiger partial charge on any atom is 0.326 e. The summed E-state index contributed by atoms with van der Waals surface area (Å²) in [6.07, 6.45) is 0. The van der Waals surface area contributed by atoms with Gasteiger partial charge in [-0.25, -0.2) is 13.6 Å². The van der Waals surface area contributed by atoms with Gasteiger partial charge in [-0.05, 0) is 42.5 Å². The first-order valence-corrected chi connectivity index (χ1v) is 10.8. The van der Waals surface area contributed by atoms with Gasteiger partial charge in [0, 0.05) is 22.5 Å². The van der Waals surface area contributed by atoms with Gasteiger partial charge < -0.3 is 10.1 Å². The summed E-state index contributed by atoms with van der Waals surface area (Å²) in [5.74, 6) is -2.54. The summed E-state index contributed by atoms with van der Waals surface area (Å²) in [6, 6.07) is 14.9. The molecule has 0 saturated carbocycles. The average molecular weight is 522 g/mol. The van der Waals surface area contributed by atoms with Gasteiger partial charge in [-0.1, -0.05) is 53.0 Å². The Bertz CT molecular complexity index is 1410. The third-order valence-corrected chi connectivity index (χ3v) is 5.83. The molecule has 2 N–H and O–H groups in total. The minimum atomic E-state index is -1.21. The molecule has 0 unspecified atom stereocenters. The molecule has 4 aromatic carbocycles. The van der Waals surface area contributed by atoms with E-state index in [-0.39, 0.29) is 5.02 Å². The maximum absolute atomic E-state index is 13.7. The van der Waals surface area contributed by atoms with Crippen LogP contribution in [-0.4, -0.2) is 11.9 Å². The van der Waals surface area contributed by atoms with Crippen LogP contribution in [-0.2, 0) is 0 Å². The number of halogens is 5. The first-order chi connectivity index (χ1) is 16.2. The van der Waals surface area contributed by atoms with Gasteiger partial charge >= 0.3 is 6.03 Å². The molecule has 0 saturated heterocycles. The quantitative estimate of drug-likeness (QED) is 0.287. The van der Waals surface area contributed by atoms with E-state index in [4.69, 9.17) is 39.5 Å². The molecule has 10 heteroatoms. The van der Waals surface area contributed by atoms with Crippen LogP contribution in [0.2, 0.25) is 15.1 Å². The van der Waals surface area contributed by atoms with Crippen LogP contribution >= 0.6 is 34.8 Å². The Morgan fingerprint density at radius 1 is 0.824 bits per heavy atom. The van der Waals surface area contributed by atoms with Crippen molar-refractivity contribution in [2.75, 3.05) is 5.32 Å². The predicted molar refractivity (Wildman–Crippen MR) is 128 cm³/mol. The molecule has 0 spiro atoms. The van der Waals surface area contributed by atoms with Gasteiger partial charge in [0.1, 0.15) is 28.7 Å². The van der Waals surface area contributed by atoms with Crippen molar-refractivity contribution >= 4 is 63.2 Å². The highest BCUT2D eigenvalue weighted by Gasteiger charge is 2.19. The number of amides is 3. The van der Waals surface area contributed by atoms with Crippen molar-refractivity contribution in [3.05, 3.63) is 99.0 Å². The molecule has 172 valence electrons. The molecule has 0 heterocycles. The highest BCUT2D eigenvalue weighted by molar-refractivity contribution is 6.48. The zero-order valence-corrected chi connectivity index (χ0v) is 19.2. The zero-order chi connectivity index (χ0) is 24.4. The van der Waals surface area contributed by atoms with Gasteiger partial charge in [0.2, 0.25) is 0 Å². The predicted octanol–water partition coefficient (Wildman–Crippen LogP) is 7.83. The van der Waals surface area contributed by atoms with Gasteiger partial charge in [-0.15, -0.1) is 0 Å². The highest BCUT2D eigenvalue weighted by Crippen LogP contribution is 2.42. The summed E-state index contributed by atoms with van der Waals surface area (Å²) in [5, 5.41) is 6.49. The summed E-state index contributed by atoms with van der Waals surface area (Å²) in [6.45, 7) is 0. The number of carbonyl (C=O) groups excluding carboxylic acids is 2. The molecule has 0 aliphatic rings. The van der Waals surface area contributed by atoms with Crippen LogP contribution in [0.1, 0.15) is 10.4 Å². The van der Waals surface area contributed by atoms with E-state index in [0.717, 1.165) is 18.2 Å². The normalized spacial score (nSPS) is 10.7. The van der Waals surface area contributed by atoms with Crippen LogP contribution in [0.25, 0.3) is 10.8 Å². The van der Waals surface area contributed by atoms with Crippen molar-refractivity contribution < 1.29 is 23.1 Å². The summed E-state index contributed by atoms with van der Waals surface area (Å²) in [5.41, 5.74) is -0.552. The van der Waals surface area contributed by atoms with E-state index >= 15 is 0 Å². The number of nitrogens with one attached hydrogen (secondary N) is 2. The number of fused-ring (bicyclic) bond motifs is 1. The number of rotatable bonds is 4. The smallest absolute Gasteiger partial charge is 0.326 e. The highest BCUT2D eigenvalue weighted by atomic mass is 35.5. The lowest BCUT2D eigenvalue weighted by Gasteiger charge is -2.13. The molecule has 0 aromatic heterocycles. The Morgan fingerprint density at radius 3 is 2.15 bits per heavy atom. The molecule has 0 bridgehead atoms. The summed E-state index contributed by atoms with van der Waals surface area (Å²) in [4.78, 5) is 24.1. The molecule has 0 radical (unpaired) electrons. The SMILES string of the molecule is O=C(NC(=O)c1c(F)cccc1F)Nc1ccc(Oc2cc(Cl)c(Cl)c3c(Cl)cccc23)cc1. The van der Waals surface area contributed by atoms with E-state index in [0.29, 0.717) is 38.0 Å². The maximum atomic E-state index is 13.7. The number of urea groups is 1. The van der Waals surface area contributed by atoms with Crippen molar-refractivity contribution in [3.8, 4) is 11.5 Å². The van der Waals surface area contributed by atoms with Crippen LogP contribution in [0.5, 0.6) is 11.5 Å². The molecule has 4 aromatic rings. The molecule has 5 nitrogen and oxygen atoms in total. The molecule has 34 heavy (non-hydrogen) atoms. The largest absolute Gasteiger partial charge is 0.457 e. The van der Waals surface area contributed by atoms with Gasteiger partial charge in [0.25, 0.3) is 5.91 Å². The number of carbonyl (C=O) groups is 2.